The molecule has 0 bridgehead atoms. The van der Waals surface area contributed by atoms with Crippen molar-refractivity contribution in [3.63, 3.8) is 0 Å². The van der Waals surface area contributed by atoms with Gasteiger partial charge in [-0.05, 0) is 37.6 Å². The van der Waals surface area contributed by atoms with Gasteiger partial charge in [0, 0.05) is 16.6 Å². The second kappa shape index (κ2) is 5.04. The molecule has 1 fully saturated rings. The van der Waals surface area contributed by atoms with E-state index in [2.05, 4.69) is 5.32 Å². The Morgan fingerprint density at radius 1 is 1.56 bits per heavy atom. The van der Waals surface area contributed by atoms with Crippen LogP contribution in [0.5, 0.6) is 5.75 Å². The largest absolute Gasteiger partial charge is 0.496 e. The summed E-state index contributed by atoms with van der Waals surface area (Å²) < 4.78 is 5.23. The number of benzene rings is 1. The molecule has 0 aromatic heterocycles. The molecular weight excluding hydrogens is 226 g/mol. The van der Waals surface area contributed by atoms with Crippen molar-refractivity contribution in [2.75, 3.05) is 13.7 Å². The third kappa shape index (κ3) is 2.32. The van der Waals surface area contributed by atoms with Crippen molar-refractivity contribution in [2.45, 2.75) is 25.0 Å². The summed E-state index contributed by atoms with van der Waals surface area (Å²) in [6.45, 7) is 0.963. The monoisotopic (exact) mass is 241 g/mol. The molecule has 2 unspecified atom stereocenters. The molecule has 16 heavy (non-hydrogen) atoms. The van der Waals surface area contributed by atoms with Crippen LogP contribution in [0.4, 0.5) is 0 Å². The summed E-state index contributed by atoms with van der Waals surface area (Å²) >= 11 is 5.94. The van der Waals surface area contributed by atoms with E-state index in [0.717, 1.165) is 24.9 Å². The van der Waals surface area contributed by atoms with Gasteiger partial charge in [-0.15, -0.1) is 0 Å². The minimum Gasteiger partial charge on any atom is -0.496 e. The Balaban J connectivity index is 2.26. The molecule has 1 aliphatic heterocycles. The maximum absolute atomic E-state index is 10.3. The third-order valence-corrected chi connectivity index (χ3v) is 3.23. The molecule has 1 aliphatic rings. The molecule has 0 radical (unpaired) electrons. The van der Waals surface area contributed by atoms with Crippen LogP contribution in [0.15, 0.2) is 18.2 Å². The lowest BCUT2D eigenvalue weighted by Crippen LogP contribution is -2.28. The SMILES string of the molecule is COc1ccc(Cl)cc1C(O)C1CCCN1. The third-order valence-electron chi connectivity index (χ3n) is 2.99. The molecule has 0 saturated carbocycles. The molecule has 3 nitrogen and oxygen atoms in total. The molecule has 2 rings (SSSR count). The van der Waals surface area contributed by atoms with Gasteiger partial charge in [-0.25, -0.2) is 0 Å². The molecule has 0 amide bonds. The fourth-order valence-corrected chi connectivity index (χ4v) is 2.31. The van der Waals surface area contributed by atoms with Crippen LogP contribution in [-0.2, 0) is 0 Å². The summed E-state index contributed by atoms with van der Waals surface area (Å²) in [6.07, 6.45) is 1.53. The highest BCUT2D eigenvalue weighted by atomic mass is 35.5. The zero-order valence-corrected chi connectivity index (χ0v) is 10.00. The molecule has 1 aromatic carbocycles. The van der Waals surface area contributed by atoms with E-state index in [1.165, 1.54) is 0 Å². The van der Waals surface area contributed by atoms with Crippen molar-refractivity contribution in [3.8, 4) is 5.75 Å². The second-order valence-corrected chi connectivity index (χ2v) is 4.47. The van der Waals surface area contributed by atoms with Gasteiger partial charge in [0.2, 0.25) is 0 Å². The molecule has 0 spiro atoms. The molecule has 1 heterocycles. The Bertz CT molecular complexity index is 364. The number of aliphatic hydroxyl groups excluding tert-OH is 1. The number of ether oxygens (including phenoxy) is 1. The molecule has 4 heteroatoms. The number of rotatable bonds is 3. The van der Waals surface area contributed by atoms with Crippen LogP contribution >= 0.6 is 11.6 Å². The summed E-state index contributed by atoms with van der Waals surface area (Å²) in [7, 11) is 1.60. The van der Waals surface area contributed by atoms with Crippen molar-refractivity contribution < 1.29 is 9.84 Å². The minimum absolute atomic E-state index is 0.104. The quantitative estimate of drug-likeness (QED) is 0.852. The highest BCUT2D eigenvalue weighted by Crippen LogP contribution is 2.32. The van der Waals surface area contributed by atoms with Crippen LogP contribution in [0.1, 0.15) is 24.5 Å². The molecule has 88 valence electrons. The van der Waals surface area contributed by atoms with Crippen LogP contribution in [0.25, 0.3) is 0 Å². The van der Waals surface area contributed by atoms with Crippen molar-refractivity contribution in [3.05, 3.63) is 28.8 Å². The highest BCUT2D eigenvalue weighted by Gasteiger charge is 2.26. The van der Waals surface area contributed by atoms with Gasteiger partial charge in [-0.3, -0.25) is 0 Å². The van der Waals surface area contributed by atoms with E-state index < -0.39 is 6.10 Å². The van der Waals surface area contributed by atoms with Gasteiger partial charge in [0.1, 0.15) is 5.75 Å². The summed E-state index contributed by atoms with van der Waals surface area (Å²) in [6, 6.07) is 5.42. The number of nitrogens with one attached hydrogen (secondary N) is 1. The van der Waals surface area contributed by atoms with Gasteiger partial charge in [0.25, 0.3) is 0 Å². The van der Waals surface area contributed by atoms with Gasteiger partial charge in [-0.1, -0.05) is 11.6 Å². The molecule has 1 saturated heterocycles. The van der Waals surface area contributed by atoms with Crippen LogP contribution in [0.2, 0.25) is 5.02 Å². The van der Waals surface area contributed by atoms with E-state index in [1.54, 1.807) is 25.3 Å². The van der Waals surface area contributed by atoms with Crippen LogP contribution < -0.4 is 10.1 Å². The lowest BCUT2D eigenvalue weighted by Gasteiger charge is -2.20. The Kier molecular flexibility index (Phi) is 3.69. The number of hydrogen-bond donors (Lipinski definition) is 2. The Morgan fingerprint density at radius 2 is 2.38 bits per heavy atom. The van der Waals surface area contributed by atoms with Crippen molar-refractivity contribution in [1.29, 1.82) is 0 Å². The van der Waals surface area contributed by atoms with Crippen molar-refractivity contribution in [1.82, 2.24) is 5.32 Å². The number of hydrogen-bond acceptors (Lipinski definition) is 3. The lowest BCUT2D eigenvalue weighted by molar-refractivity contribution is 0.134. The first-order chi connectivity index (χ1) is 7.72. The molecular formula is C12H16ClNO2. The predicted molar refractivity (Wildman–Crippen MR) is 64.0 cm³/mol. The molecule has 1 aromatic rings. The number of halogens is 1. The smallest absolute Gasteiger partial charge is 0.124 e. The van der Waals surface area contributed by atoms with E-state index in [9.17, 15) is 5.11 Å². The zero-order valence-electron chi connectivity index (χ0n) is 9.24. The number of methoxy groups -OCH3 is 1. The van der Waals surface area contributed by atoms with Gasteiger partial charge >= 0.3 is 0 Å². The van der Waals surface area contributed by atoms with E-state index in [4.69, 9.17) is 16.3 Å². The summed E-state index contributed by atoms with van der Waals surface area (Å²) in [5, 5.41) is 14.2. The average molecular weight is 242 g/mol. The van der Waals surface area contributed by atoms with E-state index in [-0.39, 0.29) is 6.04 Å². The maximum atomic E-state index is 10.3. The van der Waals surface area contributed by atoms with E-state index in [0.29, 0.717) is 10.8 Å². The van der Waals surface area contributed by atoms with Crippen molar-refractivity contribution in [2.24, 2.45) is 0 Å². The lowest BCUT2D eigenvalue weighted by atomic mass is 10.00. The first-order valence-corrected chi connectivity index (χ1v) is 5.85. The van der Waals surface area contributed by atoms with Gasteiger partial charge < -0.3 is 15.2 Å². The summed E-state index contributed by atoms with van der Waals surface area (Å²) in [4.78, 5) is 0. The highest BCUT2D eigenvalue weighted by molar-refractivity contribution is 6.30. The minimum atomic E-state index is -0.559. The maximum Gasteiger partial charge on any atom is 0.124 e. The van der Waals surface area contributed by atoms with Crippen LogP contribution in [-0.4, -0.2) is 24.8 Å². The van der Waals surface area contributed by atoms with Crippen LogP contribution in [0, 0.1) is 0 Å². The Morgan fingerprint density at radius 3 is 3.00 bits per heavy atom. The Labute approximate surface area is 100 Å². The van der Waals surface area contributed by atoms with Gasteiger partial charge in [0.15, 0.2) is 0 Å². The molecule has 2 atom stereocenters. The molecule has 0 aliphatic carbocycles. The summed E-state index contributed by atoms with van der Waals surface area (Å²) in [5.74, 6) is 0.686. The number of aliphatic hydroxyl groups is 1. The first-order valence-electron chi connectivity index (χ1n) is 5.47. The normalized spacial score (nSPS) is 22.1. The van der Waals surface area contributed by atoms with Gasteiger partial charge in [-0.2, -0.15) is 0 Å². The fourth-order valence-electron chi connectivity index (χ4n) is 2.13. The van der Waals surface area contributed by atoms with Crippen molar-refractivity contribution >= 4 is 11.6 Å². The Hall–Kier alpha value is -0.770. The average Bonchev–Trinajstić information content (AvgIpc) is 2.81. The zero-order chi connectivity index (χ0) is 11.5. The predicted octanol–water partition coefficient (Wildman–Crippen LogP) is 2.13. The fraction of sp³-hybridized carbons (Fsp3) is 0.500. The first kappa shape index (κ1) is 11.7. The van der Waals surface area contributed by atoms with E-state index in [1.807, 2.05) is 0 Å². The van der Waals surface area contributed by atoms with Gasteiger partial charge in [0.05, 0.1) is 13.2 Å². The van der Waals surface area contributed by atoms with E-state index >= 15 is 0 Å². The molecule has 2 N–H and O–H groups in total. The summed E-state index contributed by atoms with van der Waals surface area (Å²) in [5.41, 5.74) is 0.759. The standard InChI is InChI=1S/C12H16ClNO2/c1-16-11-5-4-8(13)7-9(11)12(15)10-3-2-6-14-10/h4-5,7,10,12,14-15H,2-3,6H2,1H3. The van der Waals surface area contributed by atoms with Crippen LogP contribution in [0.3, 0.4) is 0 Å². The second-order valence-electron chi connectivity index (χ2n) is 4.03. The topological polar surface area (TPSA) is 41.5 Å².